The molecule has 0 saturated carbocycles. The summed E-state index contributed by atoms with van der Waals surface area (Å²) in [5.74, 6) is -1.67. The van der Waals surface area contributed by atoms with Crippen LogP contribution < -0.4 is 5.73 Å². The highest BCUT2D eigenvalue weighted by Crippen LogP contribution is 2.26. The fourth-order valence-corrected chi connectivity index (χ4v) is 2.69. The van der Waals surface area contributed by atoms with Crippen molar-refractivity contribution in [1.29, 1.82) is 0 Å². The molecule has 20 heavy (non-hydrogen) atoms. The van der Waals surface area contributed by atoms with Crippen molar-refractivity contribution in [3.8, 4) is 0 Å². The molecule has 1 nitrogen and oxygen atoms in total. The predicted octanol–water partition coefficient (Wildman–Crippen LogP) is 4.59. The number of hydrogen-bond donors (Lipinski definition) is 1. The molecule has 0 aliphatic heterocycles. The lowest BCUT2D eigenvalue weighted by molar-refractivity contribution is 0.506. The summed E-state index contributed by atoms with van der Waals surface area (Å²) in [6, 6.07) is 7.72. The lowest BCUT2D eigenvalue weighted by Gasteiger charge is -2.16. The van der Waals surface area contributed by atoms with Crippen LogP contribution in [0, 0.1) is 25.5 Å². The maximum absolute atomic E-state index is 13.2. The van der Waals surface area contributed by atoms with Crippen LogP contribution in [0.5, 0.6) is 0 Å². The van der Waals surface area contributed by atoms with Crippen molar-refractivity contribution in [1.82, 2.24) is 0 Å². The Balaban J connectivity index is 2.25. The van der Waals surface area contributed by atoms with Gasteiger partial charge in [-0.2, -0.15) is 0 Å². The van der Waals surface area contributed by atoms with Crippen molar-refractivity contribution in [3.05, 3.63) is 68.7 Å². The normalized spacial score (nSPS) is 12.5. The van der Waals surface area contributed by atoms with Crippen LogP contribution in [0.2, 0.25) is 0 Å². The van der Waals surface area contributed by atoms with Crippen molar-refractivity contribution < 1.29 is 8.78 Å². The van der Waals surface area contributed by atoms with Gasteiger partial charge in [0.2, 0.25) is 0 Å². The Kier molecular flexibility index (Phi) is 4.55. The van der Waals surface area contributed by atoms with Crippen LogP contribution >= 0.6 is 15.9 Å². The highest BCUT2D eigenvalue weighted by Gasteiger charge is 2.13. The van der Waals surface area contributed by atoms with Crippen molar-refractivity contribution >= 4 is 15.9 Å². The molecule has 106 valence electrons. The molecule has 0 fully saturated rings. The molecule has 0 aliphatic rings. The summed E-state index contributed by atoms with van der Waals surface area (Å²) in [4.78, 5) is 0. The van der Waals surface area contributed by atoms with E-state index in [4.69, 9.17) is 5.73 Å². The molecule has 4 heteroatoms. The van der Waals surface area contributed by atoms with Gasteiger partial charge >= 0.3 is 0 Å². The Morgan fingerprint density at radius 3 is 2.40 bits per heavy atom. The zero-order chi connectivity index (χ0) is 14.9. The Hall–Kier alpha value is -1.26. The average Bonchev–Trinajstić information content (AvgIpc) is 2.38. The summed E-state index contributed by atoms with van der Waals surface area (Å²) in [7, 11) is 0. The maximum Gasteiger partial charge on any atom is 0.159 e. The highest BCUT2D eigenvalue weighted by atomic mass is 79.9. The van der Waals surface area contributed by atoms with Crippen molar-refractivity contribution in [2.75, 3.05) is 0 Å². The standard InChI is InChI=1S/C16H16BrF2N/c1-9-6-13(17)10(2)5-12(9)16(20)8-11-3-4-14(18)15(19)7-11/h3-7,16H,8,20H2,1-2H3. The monoisotopic (exact) mass is 339 g/mol. The molecule has 0 spiro atoms. The quantitative estimate of drug-likeness (QED) is 0.869. The van der Waals surface area contributed by atoms with Gasteiger partial charge in [0.1, 0.15) is 0 Å². The minimum atomic E-state index is -0.835. The second kappa shape index (κ2) is 6.02. The van der Waals surface area contributed by atoms with Crippen LogP contribution in [0.4, 0.5) is 8.78 Å². The first kappa shape index (κ1) is 15.1. The summed E-state index contributed by atoms with van der Waals surface area (Å²) in [5, 5.41) is 0. The van der Waals surface area contributed by atoms with Crippen LogP contribution in [0.1, 0.15) is 28.3 Å². The second-order valence-corrected chi connectivity index (χ2v) is 5.87. The third-order valence-electron chi connectivity index (χ3n) is 3.39. The Labute approximate surface area is 125 Å². The number of aryl methyl sites for hydroxylation is 2. The van der Waals surface area contributed by atoms with E-state index in [0.29, 0.717) is 12.0 Å². The molecule has 0 amide bonds. The number of nitrogens with two attached hydrogens (primary N) is 1. The predicted molar refractivity (Wildman–Crippen MR) is 80.6 cm³/mol. The van der Waals surface area contributed by atoms with E-state index < -0.39 is 11.6 Å². The van der Waals surface area contributed by atoms with Gasteiger partial charge in [-0.1, -0.05) is 28.1 Å². The van der Waals surface area contributed by atoms with E-state index in [1.807, 2.05) is 26.0 Å². The fourth-order valence-electron chi connectivity index (χ4n) is 2.23. The summed E-state index contributed by atoms with van der Waals surface area (Å²) < 4.78 is 27.2. The molecule has 0 saturated heterocycles. The molecule has 0 aliphatic carbocycles. The molecule has 2 aromatic carbocycles. The van der Waals surface area contributed by atoms with Gasteiger partial charge in [-0.3, -0.25) is 0 Å². The molecule has 1 atom stereocenters. The average molecular weight is 340 g/mol. The molecule has 2 rings (SSSR count). The molecule has 0 bridgehead atoms. The van der Waals surface area contributed by atoms with Crippen molar-refractivity contribution in [2.45, 2.75) is 26.3 Å². The molecule has 2 N–H and O–H groups in total. The van der Waals surface area contributed by atoms with Crippen LogP contribution in [0.3, 0.4) is 0 Å². The van der Waals surface area contributed by atoms with Crippen LogP contribution in [0.15, 0.2) is 34.8 Å². The van der Waals surface area contributed by atoms with Gasteiger partial charge in [0.25, 0.3) is 0 Å². The van der Waals surface area contributed by atoms with Crippen LogP contribution in [-0.2, 0) is 6.42 Å². The van der Waals surface area contributed by atoms with Gasteiger partial charge in [0, 0.05) is 10.5 Å². The lowest BCUT2D eigenvalue weighted by Crippen LogP contribution is -2.15. The zero-order valence-corrected chi connectivity index (χ0v) is 13.0. The van der Waals surface area contributed by atoms with E-state index in [-0.39, 0.29) is 6.04 Å². The fraction of sp³-hybridized carbons (Fsp3) is 0.250. The Morgan fingerprint density at radius 2 is 1.75 bits per heavy atom. The minimum absolute atomic E-state index is 0.244. The minimum Gasteiger partial charge on any atom is -0.324 e. The third-order valence-corrected chi connectivity index (χ3v) is 4.24. The molecule has 1 unspecified atom stereocenters. The number of rotatable bonds is 3. The van der Waals surface area contributed by atoms with E-state index >= 15 is 0 Å². The summed E-state index contributed by atoms with van der Waals surface area (Å²) in [6.45, 7) is 3.99. The SMILES string of the molecule is Cc1cc(C(N)Cc2ccc(F)c(F)c2)c(C)cc1Br. The summed E-state index contributed by atoms with van der Waals surface area (Å²) in [5.41, 5.74) is 10.1. The molecular formula is C16H16BrF2N. The third kappa shape index (κ3) is 3.25. The van der Waals surface area contributed by atoms with Gasteiger partial charge in [0.05, 0.1) is 0 Å². The molecular weight excluding hydrogens is 324 g/mol. The van der Waals surface area contributed by atoms with Crippen LogP contribution in [0.25, 0.3) is 0 Å². The van der Waals surface area contributed by atoms with E-state index in [9.17, 15) is 8.78 Å². The van der Waals surface area contributed by atoms with Gasteiger partial charge < -0.3 is 5.73 Å². The lowest BCUT2D eigenvalue weighted by atomic mass is 9.94. The van der Waals surface area contributed by atoms with Crippen LogP contribution in [-0.4, -0.2) is 0 Å². The van der Waals surface area contributed by atoms with E-state index in [1.54, 1.807) is 6.07 Å². The van der Waals surface area contributed by atoms with E-state index in [1.165, 1.54) is 6.07 Å². The van der Waals surface area contributed by atoms with E-state index in [0.717, 1.165) is 27.2 Å². The summed E-state index contributed by atoms with van der Waals surface area (Å²) in [6.07, 6.45) is 0.471. The topological polar surface area (TPSA) is 26.0 Å². The maximum atomic E-state index is 13.2. The molecule has 0 aromatic heterocycles. The van der Waals surface area contributed by atoms with Crippen molar-refractivity contribution in [2.24, 2.45) is 5.73 Å². The summed E-state index contributed by atoms with van der Waals surface area (Å²) >= 11 is 3.48. The molecule has 0 heterocycles. The van der Waals surface area contributed by atoms with Crippen molar-refractivity contribution in [3.63, 3.8) is 0 Å². The van der Waals surface area contributed by atoms with Gasteiger partial charge in [-0.05, 0) is 60.7 Å². The largest absolute Gasteiger partial charge is 0.324 e. The zero-order valence-electron chi connectivity index (χ0n) is 11.4. The second-order valence-electron chi connectivity index (χ2n) is 5.02. The Bertz CT molecular complexity index is 641. The smallest absolute Gasteiger partial charge is 0.159 e. The first-order chi connectivity index (χ1) is 9.38. The van der Waals surface area contributed by atoms with Gasteiger partial charge in [-0.25, -0.2) is 8.78 Å². The first-order valence-electron chi connectivity index (χ1n) is 6.34. The number of halogens is 3. The number of benzene rings is 2. The van der Waals surface area contributed by atoms with E-state index in [2.05, 4.69) is 15.9 Å². The first-order valence-corrected chi connectivity index (χ1v) is 7.14. The van der Waals surface area contributed by atoms with Gasteiger partial charge in [0.15, 0.2) is 11.6 Å². The molecule has 2 aromatic rings. The number of hydrogen-bond acceptors (Lipinski definition) is 1. The van der Waals surface area contributed by atoms with Gasteiger partial charge in [-0.15, -0.1) is 0 Å². The molecule has 0 radical (unpaired) electrons. The Morgan fingerprint density at radius 1 is 1.05 bits per heavy atom. The highest BCUT2D eigenvalue weighted by molar-refractivity contribution is 9.10.